The number of fused-ring (bicyclic) bond motifs is 1. The monoisotopic (exact) mass is 394 g/mol. The third kappa shape index (κ3) is 3.55. The minimum absolute atomic E-state index is 0.118. The lowest BCUT2D eigenvalue weighted by Crippen LogP contribution is -2.14. The van der Waals surface area contributed by atoms with E-state index in [0.29, 0.717) is 28.3 Å². The molecule has 1 aliphatic carbocycles. The Labute approximate surface area is 166 Å². The summed E-state index contributed by atoms with van der Waals surface area (Å²) >= 11 is 1.34. The molecule has 0 spiro atoms. The van der Waals surface area contributed by atoms with Crippen LogP contribution in [-0.2, 0) is 4.79 Å². The minimum Gasteiger partial charge on any atom is -0.454 e. The Hall–Kier alpha value is -3.00. The van der Waals surface area contributed by atoms with Crippen molar-refractivity contribution in [1.29, 1.82) is 0 Å². The maximum Gasteiger partial charge on any atom is 0.234 e. The van der Waals surface area contributed by atoms with Crippen LogP contribution in [0.25, 0.3) is 5.69 Å². The summed E-state index contributed by atoms with van der Waals surface area (Å²) in [7, 11) is 0. The Kier molecular flexibility index (Phi) is 4.40. The lowest BCUT2D eigenvalue weighted by Gasteiger charge is -2.05. The van der Waals surface area contributed by atoms with E-state index in [1.807, 2.05) is 35.0 Å². The second-order valence-corrected chi connectivity index (χ2v) is 7.62. The van der Waals surface area contributed by atoms with Crippen LogP contribution >= 0.6 is 11.8 Å². The fourth-order valence-corrected chi connectivity index (χ4v) is 3.66. The summed E-state index contributed by atoms with van der Waals surface area (Å²) in [5.74, 6) is 2.89. The van der Waals surface area contributed by atoms with Crippen LogP contribution in [0.15, 0.2) is 53.7 Å². The lowest BCUT2D eigenvalue weighted by atomic mass is 10.3. The molecule has 142 valence electrons. The normalized spacial score (nSPS) is 14.9. The average molecular weight is 394 g/mol. The zero-order chi connectivity index (χ0) is 18.9. The molecule has 28 heavy (non-hydrogen) atoms. The maximum atomic E-state index is 12.3. The van der Waals surface area contributed by atoms with E-state index >= 15 is 0 Å². The number of amides is 1. The van der Waals surface area contributed by atoms with E-state index in [2.05, 4.69) is 15.4 Å². The predicted octanol–water partition coefficient (Wildman–Crippen LogP) is 3.60. The van der Waals surface area contributed by atoms with Gasteiger partial charge < -0.3 is 14.8 Å². The summed E-state index contributed by atoms with van der Waals surface area (Å²) in [6, 6.07) is 15.3. The number of para-hydroxylation sites is 1. The van der Waals surface area contributed by atoms with Crippen molar-refractivity contribution >= 4 is 23.4 Å². The predicted molar refractivity (Wildman–Crippen MR) is 105 cm³/mol. The summed E-state index contributed by atoms with van der Waals surface area (Å²) in [6.07, 6.45) is 2.28. The zero-order valence-electron chi connectivity index (χ0n) is 15.0. The number of carbonyl (C=O) groups excluding carboxylic acids is 1. The minimum atomic E-state index is -0.118. The Morgan fingerprint density at radius 1 is 1.14 bits per heavy atom. The van der Waals surface area contributed by atoms with E-state index in [-0.39, 0.29) is 18.5 Å². The van der Waals surface area contributed by atoms with Gasteiger partial charge in [-0.1, -0.05) is 30.0 Å². The van der Waals surface area contributed by atoms with E-state index in [0.717, 1.165) is 24.4 Å². The third-order valence-electron chi connectivity index (χ3n) is 4.54. The van der Waals surface area contributed by atoms with Crippen molar-refractivity contribution in [3.63, 3.8) is 0 Å². The van der Waals surface area contributed by atoms with Gasteiger partial charge in [0.15, 0.2) is 11.5 Å². The van der Waals surface area contributed by atoms with Crippen LogP contribution in [0.3, 0.4) is 0 Å². The maximum absolute atomic E-state index is 12.3. The molecule has 1 saturated carbocycles. The Bertz CT molecular complexity index is 1020. The number of hydrogen-bond donors (Lipinski definition) is 1. The standard InChI is InChI=1S/C20H18N4O3S/c25-18(21-14-8-9-16-17(10-14)27-12-26-16)11-28-20-22-19(13-6-7-13)24(23-20)15-4-2-1-3-5-15/h1-5,8-10,13H,6-7,11-12H2,(H,21,25). The fraction of sp³-hybridized carbons (Fsp3) is 0.250. The van der Waals surface area contributed by atoms with Crippen LogP contribution in [0.2, 0.25) is 0 Å². The molecule has 3 aromatic rings. The van der Waals surface area contributed by atoms with Crippen molar-refractivity contribution in [3.8, 4) is 17.2 Å². The second-order valence-electron chi connectivity index (χ2n) is 6.68. The number of rotatable bonds is 6. The number of anilines is 1. The van der Waals surface area contributed by atoms with Gasteiger partial charge >= 0.3 is 0 Å². The Balaban J connectivity index is 1.26. The molecular formula is C20H18N4O3S. The molecule has 8 heteroatoms. The average Bonchev–Trinajstić information content (AvgIpc) is 3.30. The van der Waals surface area contributed by atoms with Crippen LogP contribution < -0.4 is 14.8 Å². The highest BCUT2D eigenvalue weighted by molar-refractivity contribution is 7.99. The van der Waals surface area contributed by atoms with Gasteiger partial charge in [0.1, 0.15) is 5.82 Å². The summed E-state index contributed by atoms with van der Waals surface area (Å²) in [4.78, 5) is 17.0. The topological polar surface area (TPSA) is 78.3 Å². The molecule has 0 radical (unpaired) electrons. The van der Waals surface area contributed by atoms with Crippen LogP contribution in [0.4, 0.5) is 5.69 Å². The quantitative estimate of drug-likeness (QED) is 0.644. The van der Waals surface area contributed by atoms with Gasteiger partial charge in [-0.3, -0.25) is 4.79 Å². The van der Waals surface area contributed by atoms with Crippen LogP contribution in [0, 0.1) is 0 Å². The summed E-state index contributed by atoms with van der Waals surface area (Å²) in [5.41, 5.74) is 1.67. The zero-order valence-corrected chi connectivity index (χ0v) is 15.8. The van der Waals surface area contributed by atoms with Crippen LogP contribution in [0.1, 0.15) is 24.6 Å². The molecule has 2 heterocycles. The van der Waals surface area contributed by atoms with E-state index in [9.17, 15) is 4.79 Å². The summed E-state index contributed by atoms with van der Waals surface area (Å²) < 4.78 is 12.5. The van der Waals surface area contributed by atoms with Gasteiger partial charge in [0.25, 0.3) is 0 Å². The first kappa shape index (κ1) is 17.1. The first-order chi connectivity index (χ1) is 13.8. The van der Waals surface area contributed by atoms with Gasteiger partial charge in [-0.15, -0.1) is 5.10 Å². The Morgan fingerprint density at radius 2 is 1.96 bits per heavy atom. The van der Waals surface area contributed by atoms with Crippen molar-refractivity contribution < 1.29 is 14.3 Å². The fourth-order valence-electron chi connectivity index (χ4n) is 3.03. The molecule has 5 rings (SSSR count). The highest BCUT2D eigenvalue weighted by atomic mass is 32.2. The SMILES string of the molecule is O=C(CSc1nc(C2CC2)n(-c2ccccc2)n1)Nc1ccc2c(c1)OCO2. The molecule has 1 fully saturated rings. The molecule has 1 amide bonds. The van der Waals surface area contributed by atoms with Crippen molar-refractivity contribution in [2.24, 2.45) is 0 Å². The second kappa shape index (κ2) is 7.20. The number of ether oxygens (including phenoxy) is 2. The summed E-state index contributed by atoms with van der Waals surface area (Å²) in [6.45, 7) is 0.210. The van der Waals surface area contributed by atoms with Crippen molar-refractivity contribution in [2.75, 3.05) is 17.9 Å². The highest BCUT2D eigenvalue weighted by Gasteiger charge is 2.30. The lowest BCUT2D eigenvalue weighted by molar-refractivity contribution is -0.113. The molecule has 2 aromatic carbocycles. The molecule has 1 N–H and O–H groups in total. The molecule has 2 aliphatic rings. The van der Waals surface area contributed by atoms with Crippen molar-refractivity contribution in [2.45, 2.75) is 23.9 Å². The van der Waals surface area contributed by atoms with E-state index in [4.69, 9.17) is 9.47 Å². The van der Waals surface area contributed by atoms with Gasteiger partial charge in [-0.25, -0.2) is 9.67 Å². The number of benzene rings is 2. The molecule has 0 saturated heterocycles. The largest absolute Gasteiger partial charge is 0.454 e. The van der Waals surface area contributed by atoms with Gasteiger partial charge in [-0.2, -0.15) is 0 Å². The number of nitrogens with one attached hydrogen (secondary N) is 1. The van der Waals surface area contributed by atoms with Crippen LogP contribution in [0.5, 0.6) is 11.5 Å². The molecule has 0 unspecified atom stereocenters. The number of aromatic nitrogens is 3. The van der Waals surface area contributed by atoms with E-state index < -0.39 is 0 Å². The van der Waals surface area contributed by atoms with E-state index in [1.165, 1.54) is 11.8 Å². The molecule has 0 bridgehead atoms. The number of thioether (sulfide) groups is 1. The van der Waals surface area contributed by atoms with Gasteiger partial charge in [0, 0.05) is 17.7 Å². The van der Waals surface area contributed by atoms with Gasteiger partial charge in [0.2, 0.25) is 17.9 Å². The first-order valence-corrected chi connectivity index (χ1v) is 10.1. The number of carbonyl (C=O) groups is 1. The molecule has 0 atom stereocenters. The van der Waals surface area contributed by atoms with Crippen molar-refractivity contribution in [1.82, 2.24) is 14.8 Å². The third-order valence-corrected chi connectivity index (χ3v) is 5.38. The van der Waals surface area contributed by atoms with Crippen molar-refractivity contribution in [3.05, 3.63) is 54.4 Å². The van der Waals surface area contributed by atoms with Gasteiger partial charge in [-0.05, 0) is 37.1 Å². The molecule has 1 aliphatic heterocycles. The first-order valence-electron chi connectivity index (χ1n) is 9.11. The highest BCUT2D eigenvalue weighted by Crippen LogP contribution is 2.40. The number of nitrogens with zero attached hydrogens (tertiary/aromatic N) is 3. The van der Waals surface area contributed by atoms with E-state index in [1.54, 1.807) is 18.2 Å². The summed E-state index contributed by atoms with van der Waals surface area (Å²) in [5, 5.41) is 8.11. The molecule has 7 nitrogen and oxygen atoms in total. The van der Waals surface area contributed by atoms with Crippen LogP contribution in [-0.4, -0.2) is 33.2 Å². The molecule has 1 aromatic heterocycles. The Morgan fingerprint density at radius 3 is 2.79 bits per heavy atom. The van der Waals surface area contributed by atoms with Gasteiger partial charge in [0.05, 0.1) is 11.4 Å². The number of hydrogen-bond acceptors (Lipinski definition) is 6. The smallest absolute Gasteiger partial charge is 0.234 e. The molecular weight excluding hydrogens is 376 g/mol.